The third-order valence-electron chi connectivity index (χ3n) is 3.41. The maximum absolute atomic E-state index is 11.2. The van der Waals surface area contributed by atoms with Gasteiger partial charge in [0.05, 0.1) is 6.61 Å². The van der Waals surface area contributed by atoms with Gasteiger partial charge in [-0.2, -0.15) is 0 Å². The van der Waals surface area contributed by atoms with E-state index in [1.54, 1.807) is 6.92 Å². The molecule has 1 aliphatic heterocycles. The van der Waals surface area contributed by atoms with Crippen molar-refractivity contribution < 1.29 is 14.3 Å². The molecule has 1 heterocycles. The minimum atomic E-state index is 0.00818. The first-order valence-corrected chi connectivity index (χ1v) is 7.09. The molecule has 1 unspecified atom stereocenters. The number of carbonyl (C=O) groups excluding carboxylic acids is 1. The van der Waals surface area contributed by atoms with Crippen LogP contribution in [0.3, 0.4) is 0 Å². The summed E-state index contributed by atoms with van der Waals surface area (Å²) < 4.78 is 11.2. The van der Waals surface area contributed by atoms with Crippen molar-refractivity contribution >= 4 is 5.78 Å². The van der Waals surface area contributed by atoms with Crippen molar-refractivity contribution in [3.8, 4) is 0 Å². The fourth-order valence-corrected chi connectivity index (χ4v) is 2.24. The van der Waals surface area contributed by atoms with Crippen LogP contribution >= 0.6 is 0 Å². The van der Waals surface area contributed by atoms with Gasteiger partial charge in [0.25, 0.3) is 0 Å². The normalized spacial score (nSPS) is 19.3. The highest BCUT2D eigenvalue weighted by atomic mass is 16.7. The molecule has 1 fully saturated rings. The smallest absolute Gasteiger partial charge is 0.159 e. The lowest BCUT2D eigenvalue weighted by Crippen LogP contribution is -2.22. The Labute approximate surface area is 114 Å². The summed E-state index contributed by atoms with van der Waals surface area (Å²) in [4.78, 5) is 11.2. The molecule has 0 N–H and O–H groups in total. The van der Waals surface area contributed by atoms with Gasteiger partial charge in [0.15, 0.2) is 12.1 Å². The molecule has 1 aliphatic rings. The topological polar surface area (TPSA) is 35.5 Å². The largest absolute Gasteiger partial charge is 0.353 e. The Balaban J connectivity index is 1.66. The van der Waals surface area contributed by atoms with Crippen LogP contribution in [0.4, 0.5) is 0 Å². The van der Waals surface area contributed by atoms with Gasteiger partial charge in [-0.1, -0.05) is 24.3 Å². The molecule has 1 aromatic rings. The number of hydrogen-bond acceptors (Lipinski definition) is 3. The number of benzene rings is 1. The Morgan fingerprint density at radius 3 is 2.74 bits per heavy atom. The first-order chi connectivity index (χ1) is 9.25. The molecule has 2 rings (SSSR count). The number of hydrogen-bond donors (Lipinski definition) is 0. The number of carbonyl (C=O) groups is 1. The van der Waals surface area contributed by atoms with E-state index in [1.165, 1.54) is 12.0 Å². The molecular formula is C16H22O3. The van der Waals surface area contributed by atoms with Crippen molar-refractivity contribution in [2.45, 2.75) is 45.3 Å². The molecule has 3 nitrogen and oxygen atoms in total. The molecular weight excluding hydrogens is 240 g/mol. The summed E-state index contributed by atoms with van der Waals surface area (Å²) in [5.74, 6) is 0.115. The Morgan fingerprint density at radius 2 is 2.11 bits per heavy atom. The van der Waals surface area contributed by atoms with Gasteiger partial charge in [0.1, 0.15) is 0 Å². The van der Waals surface area contributed by atoms with Crippen LogP contribution in [0.2, 0.25) is 0 Å². The highest BCUT2D eigenvalue weighted by Crippen LogP contribution is 2.14. The van der Waals surface area contributed by atoms with E-state index in [9.17, 15) is 4.79 Å². The van der Waals surface area contributed by atoms with Gasteiger partial charge in [-0.15, -0.1) is 0 Å². The monoisotopic (exact) mass is 262 g/mol. The summed E-state index contributed by atoms with van der Waals surface area (Å²) in [6, 6.07) is 7.83. The van der Waals surface area contributed by atoms with Crippen LogP contribution in [0.15, 0.2) is 24.3 Å². The zero-order valence-electron chi connectivity index (χ0n) is 11.6. The molecule has 104 valence electrons. The standard InChI is InChI=1S/C16H22O3/c1-13(17)15-9-7-14(8-10-15)5-4-12-19-16-6-2-3-11-18-16/h7-10,16H,2-6,11-12H2,1H3. The molecule has 0 spiro atoms. The van der Waals surface area contributed by atoms with E-state index in [1.807, 2.05) is 24.3 Å². The summed E-state index contributed by atoms with van der Waals surface area (Å²) in [6.07, 6.45) is 5.35. The van der Waals surface area contributed by atoms with Gasteiger partial charge < -0.3 is 9.47 Å². The van der Waals surface area contributed by atoms with Crippen LogP contribution in [0.25, 0.3) is 0 Å². The van der Waals surface area contributed by atoms with Gasteiger partial charge in [0, 0.05) is 12.2 Å². The number of Topliss-reactive ketones (excluding diaryl/α,β-unsaturated/α-hetero) is 1. The van der Waals surface area contributed by atoms with Gasteiger partial charge >= 0.3 is 0 Å². The van der Waals surface area contributed by atoms with Crippen LogP contribution in [0, 0.1) is 0 Å². The Hall–Kier alpha value is -1.19. The average Bonchev–Trinajstić information content (AvgIpc) is 2.45. The van der Waals surface area contributed by atoms with E-state index >= 15 is 0 Å². The molecule has 0 aromatic heterocycles. The zero-order valence-corrected chi connectivity index (χ0v) is 11.6. The predicted octanol–water partition coefficient (Wildman–Crippen LogP) is 3.37. The maximum atomic E-state index is 11.2. The fraction of sp³-hybridized carbons (Fsp3) is 0.562. The minimum absolute atomic E-state index is 0.00818. The summed E-state index contributed by atoms with van der Waals surface area (Å²) in [5.41, 5.74) is 2.02. The first-order valence-electron chi connectivity index (χ1n) is 7.09. The van der Waals surface area contributed by atoms with E-state index in [-0.39, 0.29) is 12.1 Å². The third-order valence-corrected chi connectivity index (χ3v) is 3.41. The van der Waals surface area contributed by atoms with E-state index in [0.29, 0.717) is 0 Å². The van der Waals surface area contributed by atoms with E-state index in [0.717, 1.165) is 44.5 Å². The SMILES string of the molecule is CC(=O)c1ccc(CCCOC2CCCCO2)cc1. The lowest BCUT2D eigenvalue weighted by molar-refractivity contribution is -0.162. The predicted molar refractivity (Wildman–Crippen MR) is 74.3 cm³/mol. The molecule has 0 saturated carbocycles. The number of ketones is 1. The Bertz CT molecular complexity index is 391. The zero-order chi connectivity index (χ0) is 13.5. The summed E-state index contributed by atoms with van der Waals surface area (Å²) in [6.45, 7) is 3.16. The van der Waals surface area contributed by atoms with E-state index in [4.69, 9.17) is 9.47 Å². The summed E-state index contributed by atoms with van der Waals surface area (Å²) >= 11 is 0. The molecule has 0 bridgehead atoms. The van der Waals surface area contributed by atoms with Crippen LogP contribution in [-0.2, 0) is 15.9 Å². The second-order valence-electron chi connectivity index (χ2n) is 5.02. The van der Waals surface area contributed by atoms with Crippen molar-refractivity contribution in [1.82, 2.24) is 0 Å². The van der Waals surface area contributed by atoms with Gasteiger partial charge in [-0.05, 0) is 44.6 Å². The molecule has 0 amide bonds. The second kappa shape index (κ2) is 7.41. The van der Waals surface area contributed by atoms with Crippen molar-refractivity contribution in [2.75, 3.05) is 13.2 Å². The van der Waals surface area contributed by atoms with Crippen LogP contribution in [0.5, 0.6) is 0 Å². The minimum Gasteiger partial charge on any atom is -0.353 e. The van der Waals surface area contributed by atoms with Crippen molar-refractivity contribution in [3.63, 3.8) is 0 Å². The lowest BCUT2D eigenvalue weighted by atomic mass is 10.1. The molecule has 1 atom stereocenters. The Kier molecular flexibility index (Phi) is 5.55. The van der Waals surface area contributed by atoms with Crippen molar-refractivity contribution in [3.05, 3.63) is 35.4 Å². The molecule has 19 heavy (non-hydrogen) atoms. The highest BCUT2D eigenvalue weighted by molar-refractivity contribution is 5.93. The maximum Gasteiger partial charge on any atom is 0.159 e. The van der Waals surface area contributed by atoms with Crippen LogP contribution in [0.1, 0.15) is 48.5 Å². The Morgan fingerprint density at radius 1 is 1.32 bits per heavy atom. The number of ether oxygens (including phenoxy) is 2. The summed E-state index contributed by atoms with van der Waals surface area (Å²) in [7, 11) is 0. The lowest BCUT2D eigenvalue weighted by Gasteiger charge is -2.22. The molecule has 0 radical (unpaired) electrons. The fourth-order valence-electron chi connectivity index (χ4n) is 2.24. The highest BCUT2D eigenvalue weighted by Gasteiger charge is 2.13. The van der Waals surface area contributed by atoms with Crippen LogP contribution in [-0.4, -0.2) is 25.3 Å². The first kappa shape index (κ1) is 14.2. The van der Waals surface area contributed by atoms with Crippen molar-refractivity contribution in [2.24, 2.45) is 0 Å². The molecule has 1 saturated heterocycles. The molecule has 3 heteroatoms. The number of rotatable bonds is 6. The van der Waals surface area contributed by atoms with E-state index in [2.05, 4.69) is 0 Å². The van der Waals surface area contributed by atoms with Crippen LogP contribution < -0.4 is 0 Å². The number of aryl methyl sites for hydroxylation is 1. The van der Waals surface area contributed by atoms with Crippen molar-refractivity contribution in [1.29, 1.82) is 0 Å². The molecule has 0 aliphatic carbocycles. The second-order valence-corrected chi connectivity index (χ2v) is 5.02. The molecule has 1 aromatic carbocycles. The third kappa shape index (κ3) is 4.77. The summed E-state index contributed by atoms with van der Waals surface area (Å²) in [5, 5.41) is 0. The average molecular weight is 262 g/mol. The van der Waals surface area contributed by atoms with Gasteiger partial charge in [-0.25, -0.2) is 0 Å². The van der Waals surface area contributed by atoms with E-state index < -0.39 is 0 Å². The van der Waals surface area contributed by atoms with Gasteiger partial charge in [-0.3, -0.25) is 4.79 Å². The quantitative estimate of drug-likeness (QED) is 0.582. The van der Waals surface area contributed by atoms with Gasteiger partial charge in [0.2, 0.25) is 0 Å².